The molecule has 0 amide bonds. The van der Waals surface area contributed by atoms with E-state index in [0.717, 1.165) is 22.6 Å². The van der Waals surface area contributed by atoms with Crippen LogP contribution in [0.5, 0.6) is 0 Å². The van der Waals surface area contributed by atoms with Gasteiger partial charge in [-0.1, -0.05) is 48.0 Å². The molecule has 2 aromatic carbocycles. The molecule has 0 aliphatic carbocycles. The van der Waals surface area contributed by atoms with Gasteiger partial charge in [0.05, 0.1) is 5.54 Å². The van der Waals surface area contributed by atoms with Crippen LogP contribution in [-0.2, 0) is 5.54 Å². The molecule has 0 radical (unpaired) electrons. The monoisotopic (exact) mass is 373 g/mol. The molecule has 0 unspecified atom stereocenters. The van der Waals surface area contributed by atoms with Crippen molar-refractivity contribution < 1.29 is 0 Å². The number of rotatable bonds is 2. The standard InChI is InChI=1S/C23H20ClN3/c1-23(15-10-12-25-13-11-15)22-21(17-7-3-5-9-20(17)27-22)18(14-26-23)16-6-2-4-8-19(16)24/h2-13,18,26-27H,14H2,1H3/t18-,23-/m0/s1. The lowest BCUT2D eigenvalue weighted by Crippen LogP contribution is -2.47. The third-order valence-electron chi connectivity index (χ3n) is 5.79. The van der Waals surface area contributed by atoms with Crippen molar-refractivity contribution in [2.75, 3.05) is 6.54 Å². The molecule has 4 heteroatoms. The molecule has 1 aliphatic rings. The lowest BCUT2D eigenvalue weighted by Gasteiger charge is -2.39. The highest BCUT2D eigenvalue weighted by Crippen LogP contribution is 2.45. The number of halogens is 1. The van der Waals surface area contributed by atoms with Crippen LogP contribution in [0, 0.1) is 0 Å². The van der Waals surface area contributed by atoms with Crippen LogP contribution in [-0.4, -0.2) is 16.5 Å². The molecular weight excluding hydrogens is 354 g/mol. The Bertz CT molecular complexity index is 1120. The van der Waals surface area contributed by atoms with Gasteiger partial charge in [-0.2, -0.15) is 0 Å². The van der Waals surface area contributed by atoms with Gasteiger partial charge in [-0.3, -0.25) is 4.98 Å². The smallest absolute Gasteiger partial charge is 0.0817 e. The second-order valence-electron chi connectivity index (χ2n) is 7.28. The van der Waals surface area contributed by atoms with Gasteiger partial charge in [-0.25, -0.2) is 0 Å². The van der Waals surface area contributed by atoms with Crippen molar-refractivity contribution in [1.29, 1.82) is 0 Å². The molecule has 0 saturated carbocycles. The van der Waals surface area contributed by atoms with Gasteiger partial charge in [0.25, 0.3) is 0 Å². The van der Waals surface area contributed by atoms with Gasteiger partial charge < -0.3 is 10.3 Å². The fraction of sp³-hybridized carbons (Fsp3) is 0.174. The summed E-state index contributed by atoms with van der Waals surface area (Å²) in [5, 5.41) is 5.86. The van der Waals surface area contributed by atoms with Crippen molar-refractivity contribution in [3.63, 3.8) is 0 Å². The average molecular weight is 374 g/mol. The Morgan fingerprint density at radius 2 is 1.74 bits per heavy atom. The molecule has 1 aliphatic heterocycles. The number of hydrogen-bond acceptors (Lipinski definition) is 2. The summed E-state index contributed by atoms with van der Waals surface area (Å²) < 4.78 is 0. The van der Waals surface area contributed by atoms with Crippen LogP contribution in [0.3, 0.4) is 0 Å². The number of nitrogens with one attached hydrogen (secondary N) is 2. The van der Waals surface area contributed by atoms with Crippen molar-refractivity contribution in [1.82, 2.24) is 15.3 Å². The molecule has 27 heavy (non-hydrogen) atoms. The topological polar surface area (TPSA) is 40.7 Å². The number of aromatic nitrogens is 2. The summed E-state index contributed by atoms with van der Waals surface area (Å²) in [6, 6.07) is 20.8. The molecule has 134 valence electrons. The van der Waals surface area contributed by atoms with Crippen LogP contribution >= 0.6 is 11.6 Å². The maximum absolute atomic E-state index is 6.58. The van der Waals surface area contributed by atoms with E-state index in [9.17, 15) is 0 Å². The zero-order chi connectivity index (χ0) is 18.4. The van der Waals surface area contributed by atoms with E-state index in [2.05, 4.69) is 70.7 Å². The predicted molar refractivity (Wildman–Crippen MR) is 110 cm³/mol. The summed E-state index contributed by atoms with van der Waals surface area (Å²) in [4.78, 5) is 7.89. The van der Waals surface area contributed by atoms with Gasteiger partial charge in [-0.05, 0) is 47.9 Å². The molecule has 5 rings (SSSR count). The molecule has 3 heterocycles. The van der Waals surface area contributed by atoms with Crippen LogP contribution in [0.4, 0.5) is 0 Å². The maximum atomic E-state index is 6.58. The van der Waals surface area contributed by atoms with Crippen molar-refractivity contribution >= 4 is 22.5 Å². The summed E-state index contributed by atoms with van der Waals surface area (Å²) >= 11 is 6.58. The van der Waals surface area contributed by atoms with Crippen molar-refractivity contribution in [3.05, 3.63) is 100 Å². The first kappa shape index (κ1) is 16.5. The molecule has 3 nitrogen and oxygen atoms in total. The van der Waals surface area contributed by atoms with E-state index in [-0.39, 0.29) is 11.5 Å². The summed E-state index contributed by atoms with van der Waals surface area (Å²) in [7, 11) is 0. The second kappa shape index (κ2) is 6.22. The highest BCUT2D eigenvalue weighted by molar-refractivity contribution is 6.31. The highest BCUT2D eigenvalue weighted by atomic mass is 35.5. The Morgan fingerprint density at radius 1 is 1.00 bits per heavy atom. The number of para-hydroxylation sites is 1. The van der Waals surface area contributed by atoms with Crippen LogP contribution in [0.1, 0.15) is 35.2 Å². The lowest BCUT2D eigenvalue weighted by molar-refractivity contribution is 0.390. The number of benzene rings is 2. The van der Waals surface area contributed by atoms with Crippen LogP contribution < -0.4 is 5.32 Å². The SMILES string of the molecule is C[C@@]1(c2ccncc2)NC[C@@H](c2ccccc2Cl)c2c1[nH]c1ccccc21. The minimum atomic E-state index is -0.310. The van der Waals surface area contributed by atoms with Gasteiger partial charge in [0.1, 0.15) is 0 Å². The normalized spacial score (nSPS) is 21.9. The number of pyridine rings is 1. The molecular formula is C23H20ClN3. The Morgan fingerprint density at radius 3 is 2.56 bits per heavy atom. The van der Waals surface area contributed by atoms with Gasteiger partial charge in [0.2, 0.25) is 0 Å². The van der Waals surface area contributed by atoms with Gasteiger partial charge in [0.15, 0.2) is 0 Å². The van der Waals surface area contributed by atoms with E-state index in [0.29, 0.717) is 0 Å². The molecule has 4 aromatic rings. The number of nitrogens with zero attached hydrogens (tertiary/aromatic N) is 1. The van der Waals surface area contributed by atoms with E-state index in [1.807, 2.05) is 24.5 Å². The molecule has 2 N–H and O–H groups in total. The Hall–Kier alpha value is -2.62. The third kappa shape index (κ3) is 2.50. The molecule has 0 fully saturated rings. The Kier molecular flexibility index (Phi) is 3.81. The van der Waals surface area contributed by atoms with Gasteiger partial charge in [0, 0.05) is 46.5 Å². The first-order chi connectivity index (χ1) is 13.2. The Labute approximate surface area is 163 Å². The predicted octanol–water partition coefficient (Wildman–Crippen LogP) is 5.21. The first-order valence-corrected chi connectivity index (χ1v) is 9.57. The van der Waals surface area contributed by atoms with Crippen molar-refractivity contribution in [2.45, 2.75) is 18.4 Å². The van der Waals surface area contributed by atoms with E-state index in [1.54, 1.807) is 0 Å². The van der Waals surface area contributed by atoms with Crippen LogP contribution in [0.25, 0.3) is 10.9 Å². The summed E-state index contributed by atoms with van der Waals surface area (Å²) in [5.41, 5.74) is 5.73. The van der Waals surface area contributed by atoms with Crippen LogP contribution in [0.15, 0.2) is 73.1 Å². The molecule has 2 aromatic heterocycles. The summed E-state index contributed by atoms with van der Waals surface area (Å²) in [6.45, 7) is 3.05. The fourth-order valence-electron chi connectivity index (χ4n) is 4.37. The first-order valence-electron chi connectivity index (χ1n) is 9.19. The van der Waals surface area contributed by atoms with Crippen LogP contribution in [0.2, 0.25) is 5.02 Å². The quantitative estimate of drug-likeness (QED) is 0.506. The maximum Gasteiger partial charge on any atom is 0.0817 e. The number of fused-ring (bicyclic) bond motifs is 3. The minimum absolute atomic E-state index is 0.194. The molecule has 0 spiro atoms. The average Bonchev–Trinajstić information content (AvgIpc) is 3.11. The second-order valence-corrected chi connectivity index (χ2v) is 7.68. The zero-order valence-corrected chi connectivity index (χ0v) is 15.8. The number of H-pyrrole nitrogens is 1. The fourth-order valence-corrected chi connectivity index (χ4v) is 4.64. The van der Waals surface area contributed by atoms with E-state index >= 15 is 0 Å². The summed E-state index contributed by atoms with van der Waals surface area (Å²) in [5.74, 6) is 0.194. The van der Waals surface area contributed by atoms with E-state index in [4.69, 9.17) is 11.6 Å². The number of hydrogen-bond donors (Lipinski definition) is 2. The minimum Gasteiger partial charge on any atom is -0.356 e. The van der Waals surface area contributed by atoms with Crippen molar-refractivity contribution in [3.8, 4) is 0 Å². The Balaban J connectivity index is 1.79. The van der Waals surface area contributed by atoms with Gasteiger partial charge in [-0.15, -0.1) is 0 Å². The summed E-state index contributed by atoms with van der Waals surface area (Å²) in [6.07, 6.45) is 3.70. The highest BCUT2D eigenvalue weighted by Gasteiger charge is 2.40. The zero-order valence-electron chi connectivity index (χ0n) is 15.0. The molecule has 0 bridgehead atoms. The van der Waals surface area contributed by atoms with Gasteiger partial charge >= 0.3 is 0 Å². The van der Waals surface area contributed by atoms with Crippen molar-refractivity contribution in [2.24, 2.45) is 0 Å². The molecule has 2 atom stereocenters. The lowest BCUT2D eigenvalue weighted by atomic mass is 9.77. The largest absolute Gasteiger partial charge is 0.356 e. The van der Waals surface area contributed by atoms with E-state index < -0.39 is 0 Å². The third-order valence-corrected chi connectivity index (χ3v) is 6.14. The number of aromatic amines is 1. The molecule has 0 saturated heterocycles. The van der Waals surface area contributed by atoms with E-state index in [1.165, 1.54) is 22.2 Å².